The van der Waals surface area contributed by atoms with Crippen LogP contribution in [-0.2, 0) is 29.2 Å². The van der Waals surface area contributed by atoms with Gasteiger partial charge in [-0.15, -0.1) is 11.3 Å². The third-order valence-corrected chi connectivity index (χ3v) is 7.23. The summed E-state index contributed by atoms with van der Waals surface area (Å²) >= 11 is 7.38. The fourth-order valence-electron chi connectivity index (χ4n) is 3.95. The average Bonchev–Trinajstić information content (AvgIpc) is 3.34. The molecule has 0 aliphatic rings. The van der Waals surface area contributed by atoms with Gasteiger partial charge in [-0.2, -0.15) is 0 Å². The van der Waals surface area contributed by atoms with Crippen LogP contribution in [-0.4, -0.2) is 38.9 Å². The van der Waals surface area contributed by atoms with Gasteiger partial charge in [-0.05, 0) is 49.8 Å². The number of nitrogens with zero attached hydrogens (tertiary/aromatic N) is 3. The molecule has 2 amide bonds. The van der Waals surface area contributed by atoms with Crippen LogP contribution < -0.4 is 16.6 Å². The number of hydrogen-bond acceptors (Lipinski definition) is 5. The molecule has 0 aliphatic carbocycles. The van der Waals surface area contributed by atoms with Crippen LogP contribution in [0.3, 0.4) is 0 Å². The number of likely N-dealkylation sites (N-methyl/N-ethyl adjacent to an activating group) is 1. The third kappa shape index (κ3) is 6.61. The van der Waals surface area contributed by atoms with Gasteiger partial charge in [0, 0.05) is 37.6 Å². The molecule has 0 bridgehead atoms. The molecule has 188 valence electrons. The minimum atomic E-state index is -0.473. The molecule has 0 spiro atoms. The van der Waals surface area contributed by atoms with E-state index in [2.05, 4.69) is 5.32 Å². The van der Waals surface area contributed by atoms with Crippen LogP contribution in [0.4, 0.5) is 0 Å². The lowest BCUT2D eigenvalue weighted by Gasteiger charge is -2.20. The van der Waals surface area contributed by atoms with Gasteiger partial charge < -0.3 is 10.2 Å². The zero-order chi connectivity index (χ0) is 25.4. The van der Waals surface area contributed by atoms with E-state index in [0.29, 0.717) is 60.6 Å². The summed E-state index contributed by atoms with van der Waals surface area (Å²) in [4.78, 5) is 52.5. The second-order valence-corrected chi connectivity index (χ2v) is 9.53. The predicted octanol–water partition coefficient (Wildman–Crippen LogP) is 3.62. The van der Waals surface area contributed by atoms with Crippen LogP contribution in [0.5, 0.6) is 0 Å². The zero-order valence-electron chi connectivity index (χ0n) is 20.1. The Bertz CT molecular complexity index is 1290. The molecule has 2 heterocycles. The number of benzene rings is 1. The van der Waals surface area contributed by atoms with Crippen molar-refractivity contribution in [3.8, 4) is 0 Å². The quantitative estimate of drug-likeness (QED) is 0.370. The van der Waals surface area contributed by atoms with Crippen molar-refractivity contribution in [1.29, 1.82) is 0 Å². The molecule has 0 saturated heterocycles. The first-order valence-corrected chi connectivity index (χ1v) is 13.1. The number of hydrogen-bond donors (Lipinski definition) is 1. The van der Waals surface area contributed by atoms with Gasteiger partial charge in [0.25, 0.3) is 5.56 Å². The van der Waals surface area contributed by atoms with E-state index in [1.807, 2.05) is 32.0 Å². The molecule has 0 radical (unpaired) electrons. The maximum Gasteiger partial charge on any atom is 0.332 e. The van der Waals surface area contributed by atoms with E-state index >= 15 is 0 Å². The lowest BCUT2D eigenvalue weighted by molar-refractivity contribution is -0.131. The fraction of sp³-hybridized carbons (Fsp3) is 0.440. The Morgan fingerprint density at radius 1 is 1.03 bits per heavy atom. The first-order valence-electron chi connectivity index (χ1n) is 11.9. The van der Waals surface area contributed by atoms with Crippen molar-refractivity contribution in [2.24, 2.45) is 0 Å². The first kappa shape index (κ1) is 26.7. The number of thiophene rings is 1. The van der Waals surface area contributed by atoms with Crippen LogP contribution in [0.15, 0.2) is 45.3 Å². The van der Waals surface area contributed by atoms with Crippen LogP contribution in [0, 0.1) is 0 Å². The van der Waals surface area contributed by atoms with Gasteiger partial charge in [0.1, 0.15) is 11.2 Å². The van der Waals surface area contributed by atoms with Crippen molar-refractivity contribution in [2.45, 2.75) is 59.2 Å². The molecule has 0 aliphatic heterocycles. The second kappa shape index (κ2) is 12.7. The zero-order valence-corrected chi connectivity index (χ0v) is 21.7. The Morgan fingerprint density at radius 2 is 1.77 bits per heavy atom. The number of fused-ring (bicyclic) bond motifs is 1. The van der Waals surface area contributed by atoms with Gasteiger partial charge in [-0.3, -0.25) is 23.5 Å². The second-order valence-electron chi connectivity index (χ2n) is 8.21. The number of nitrogens with one attached hydrogen (secondary N) is 1. The summed E-state index contributed by atoms with van der Waals surface area (Å²) in [6, 6.07) is 9.08. The Hall–Kier alpha value is -2.91. The SMILES string of the molecule is CCN(CC)C(=O)Cn1c(=O)n(CCCCCC(=O)NCc2ccccc2Cl)c(=O)c2sccc21. The van der Waals surface area contributed by atoms with E-state index < -0.39 is 5.69 Å². The fourth-order valence-corrected chi connectivity index (χ4v) is 5.00. The maximum absolute atomic E-state index is 13.1. The van der Waals surface area contributed by atoms with E-state index in [0.717, 1.165) is 5.56 Å². The lowest BCUT2D eigenvalue weighted by Crippen LogP contribution is -2.43. The number of amides is 2. The summed E-state index contributed by atoms with van der Waals surface area (Å²) in [5.41, 5.74) is 0.557. The summed E-state index contributed by atoms with van der Waals surface area (Å²) in [6.45, 7) is 5.42. The van der Waals surface area contributed by atoms with Gasteiger partial charge in [-0.25, -0.2) is 4.79 Å². The van der Waals surface area contributed by atoms with Crippen molar-refractivity contribution in [3.63, 3.8) is 0 Å². The van der Waals surface area contributed by atoms with Crippen LogP contribution >= 0.6 is 22.9 Å². The van der Waals surface area contributed by atoms with Gasteiger partial charge in [0.2, 0.25) is 11.8 Å². The summed E-state index contributed by atoms with van der Waals surface area (Å²) in [6.07, 6.45) is 2.25. The molecular formula is C25H31ClN4O4S. The highest BCUT2D eigenvalue weighted by atomic mass is 35.5. The molecule has 0 fully saturated rings. The molecule has 3 rings (SSSR count). The minimum Gasteiger partial charge on any atom is -0.352 e. The molecule has 1 N–H and O–H groups in total. The van der Waals surface area contributed by atoms with E-state index in [9.17, 15) is 19.2 Å². The van der Waals surface area contributed by atoms with E-state index in [-0.39, 0.29) is 30.5 Å². The van der Waals surface area contributed by atoms with Gasteiger partial charge in [0.05, 0.1) is 5.52 Å². The molecule has 8 nitrogen and oxygen atoms in total. The summed E-state index contributed by atoms with van der Waals surface area (Å²) in [5, 5.41) is 5.24. The van der Waals surface area contributed by atoms with E-state index in [4.69, 9.17) is 11.6 Å². The summed E-state index contributed by atoms with van der Waals surface area (Å²) in [7, 11) is 0. The molecule has 10 heteroatoms. The van der Waals surface area contributed by atoms with Crippen molar-refractivity contribution < 1.29 is 9.59 Å². The van der Waals surface area contributed by atoms with Crippen LogP contribution in [0.1, 0.15) is 45.1 Å². The Morgan fingerprint density at radius 3 is 2.49 bits per heavy atom. The average molecular weight is 519 g/mol. The standard InChI is InChI=1S/C25H31ClN4O4S/c1-3-28(4-2)22(32)17-30-20-13-15-35-23(20)24(33)29(25(30)34)14-9-5-6-12-21(31)27-16-18-10-7-8-11-19(18)26/h7-8,10-11,13,15H,3-6,9,12,14,16-17H2,1-2H3,(H,27,31). The molecular weight excluding hydrogens is 488 g/mol. The minimum absolute atomic E-state index is 0.0700. The molecule has 0 atom stereocenters. The normalized spacial score (nSPS) is 11.1. The van der Waals surface area contributed by atoms with Gasteiger partial charge >= 0.3 is 5.69 Å². The third-order valence-electron chi connectivity index (χ3n) is 5.97. The Labute approximate surface area is 213 Å². The number of aromatic nitrogens is 2. The smallest absolute Gasteiger partial charge is 0.332 e. The molecule has 3 aromatic rings. The predicted molar refractivity (Wildman–Crippen MR) is 140 cm³/mol. The topological polar surface area (TPSA) is 93.4 Å². The molecule has 0 saturated carbocycles. The highest BCUT2D eigenvalue weighted by Gasteiger charge is 2.18. The number of carbonyl (C=O) groups is 2. The Kier molecular flexibility index (Phi) is 9.68. The lowest BCUT2D eigenvalue weighted by atomic mass is 10.1. The molecule has 0 unspecified atom stereocenters. The van der Waals surface area contributed by atoms with Gasteiger partial charge in [0.15, 0.2) is 0 Å². The largest absolute Gasteiger partial charge is 0.352 e. The van der Waals surface area contributed by atoms with Crippen LogP contribution in [0.25, 0.3) is 10.2 Å². The van der Waals surface area contributed by atoms with Crippen LogP contribution in [0.2, 0.25) is 5.02 Å². The summed E-state index contributed by atoms with van der Waals surface area (Å²) in [5.74, 6) is -0.225. The van der Waals surface area contributed by atoms with E-state index in [1.165, 1.54) is 20.5 Å². The van der Waals surface area contributed by atoms with Crippen molar-refractivity contribution in [1.82, 2.24) is 19.4 Å². The number of unbranched alkanes of at least 4 members (excludes halogenated alkanes) is 2. The summed E-state index contributed by atoms with van der Waals surface area (Å²) < 4.78 is 3.08. The Balaban J connectivity index is 1.58. The van der Waals surface area contributed by atoms with Crippen molar-refractivity contribution in [2.75, 3.05) is 13.1 Å². The monoisotopic (exact) mass is 518 g/mol. The highest BCUT2D eigenvalue weighted by molar-refractivity contribution is 7.17. The highest BCUT2D eigenvalue weighted by Crippen LogP contribution is 2.16. The van der Waals surface area contributed by atoms with E-state index in [1.54, 1.807) is 22.4 Å². The van der Waals surface area contributed by atoms with Crippen molar-refractivity contribution in [3.05, 3.63) is 67.1 Å². The number of halogens is 1. The van der Waals surface area contributed by atoms with Gasteiger partial charge in [-0.1, -0.05) is 36.2 Å². The molecule has 35 heavy (non-hydrogen) atoms. The maximum atomic E-state index is 13.1. The number of rotatable bonds is 12. The molecule has 1 aromatic carbocycles. The first-order chi connectivity index (χ1) is 16.9. The molecule has 2 aromatic heterocycles. The van der Waals surface area contributed by atoms with Crippen molar-refractivity contribution >= 4 is 45.0 Å². The number of carbonyl (C=O) groups excluding carboxylic acids is 2.